The Morgan fingerprint density at radius 3 is 1.36 bits per heavy atom. The molecule has 0 saturated carbocycles. The molecule has 4 rings (SSSR count). The summed E-state index contributed by atoms with van der Waals surface area (Å²) in [6, 6.07) is 13.0. The summed E-state index contributed by atoms with van der Waals surface area (Å²) in [5.74, 6) is 0. The van der Waals surface area contributed by atoms with Gasteiger partial charge in [-0.2, -0.15) is 0 Å². The van der Waals surface area contributed by atoms with Crippen LogP contribution in [0.1, 0.15) is 61.1 Å². The van der Waals surface area contributed by atoms with Gasteiger partial charge in [0.1, 0.15) is 0 Å². The van der Waals surface area contributed by atoms with E-state index in [1.807, 2.05) is 0 Å². The summed E-state index contributed by atoms with van der Waals surface area (Å²) in [6.07, 6.45) is 0. The number of benzene rings is 2. The normalized spacial score (nSPS) is 26.1. The van der Waals surface area contributed by atoms with Gasteiger partial charge in [0.15, 0.2) is 0 Å². The van der Waals surface area contributed by atoms with Crippen LogP contribution in [0.3, 0.4) is 0 Å². The predicted octanol–water partition coefficient (Wildman–Crippen LogP) is 6.57. The molecule has 0 amide bonds. The van der Waals surface area contributed by atoms with Crippen molar-refractivity contribution in [2.24, 2.45) is 0 Å². The third kappa shape index (κ3) is 2.86. The Labute approximate surface area is 200 Å². The molecule has 2 aliphatic rings. The van der Waals surface area contributed by atoms with Gasteiger partial charge in [0.2, 0.25) is 0 Å². The smallest absolute Gasteiger partial charge is 0.0923 e. The Morgan fingerprint density at radius 2 is 1.00 bits per heavy atom. The van der Waals surface area contributed by atoms with E-state index in [1.54, 1.807) is 0 Å². The van der Waals surface area contributed by atoms with E-state index in [0.29, 0.717) is 0 Å². The number of halogens is 2. The van der Waals surface area contributed by atoms with E-state index in [1.165, 1.54) is 55.7 Å². The summed E-state index contributed by atoms with van der Waals surface area (Å²) in [4.78, 5) is 0. The van der Waals surface area contributed by atoms with Gasteiger partial charge in [-0.25, -0.2) is 0 Å². The van der Waals surface area contributed by atoms with Crippen molar-refractivity contribution in [1.82, 2.24) is 0 Å². The van der Waals surface area contributed by atoms with Crippen molar-refractivity contribution in [3.05, 3.63) is 80.9 Å². The summed E-state index contributed by atoms with van der Waals surface area (Å²) in [7, 11) is -1.02. The average Bonchev–Trinajstić information content (AvgIpc) is 2.93. The molecule has 0 heterocycles. The van der Waals surface area contributed by atoms with E-state index in [2.05, 4.69) is 77.9 Å². The number of rotatable bonds is 2. The fraction of sp³-hybridized carbons (Fsp3) is 0.333. The van der Waals surface area contributed by atoms with Gasteiger partial charge in [-0.1, -0.05) is 36.4 Å². The topological polar surface area (TPSA) is 0 Å². The fourth-order valence-corrected chi connectivity index (χ4v) is 9.86. The molecule has 2 aliphatic carbocycles. The third-order valence-electron chi connectivity index (χ3n) is 6.95. The molecule has 2 unspecified atom stereocenters. The molecule has 4 heteroatoms. The second kappa shape index (κ2) is 7.38. The van der Waals surface area contributed by atoms with Crippen molar-refractivity contribution in [2.45, 2.75) is 50.5 Å². The molecule has 2 aromatic rings. The summed E-state index contributed by atoms with van der Waals surface area (Å²) >= 11 is 15.0. The Kier molecular flexibility index (Phi) is 5.88. The van der Waals surface area contributed by atoms with E-state index >= 15 is 0 Å². The summed E-state index contributed by atoms with van der Waals surface area (Å²) in [5.41, 5.74) is 13.0. The first kappa shape index (κ1) is 22.3. The van der Waals surface area contributed by atoms with E-state index in [0.717, 1.165) is 0 Å². The third-order valence-corrected chi connectivity index (χ3v) is 11.5. The van der Waals surface area contributed by atoms with Crippen molar-refractivity contribution in [3.8, 4) is 0 Å². The minimum atomic E-state index is -1.02. The molecule has 0 nitrogen and oxygen atoms in total. The van der Waals surface area contributed by atoms with E-state index < -0.39 is 18.5 Å². The Hall–Kier alpha value is -0.400. The molecule has 2 aromatic carbocycles. The molecule has 0 spiro atoms. The van der Waals surface area contributed by atoms with Gasteiger partial charge in [-0.15, -0.1) is 23.2 Å². The molecular formula is C24H26Cl2SiZr. The molecule has 0 fully saturated rings. The van der Waals surface area contributed by atoms with Gasteiger partial charge in [0.25, 0.3) is 0 Å². The second-order valence-electron chi connectivity index (χ2n) is 8.27. The zero-order valence-electron chi connectivity index (χ0n) is 17.4. The molecule has 0 N–H and O–H groups in total. The Bertz CT molecular complexity index is 969. The van der Waals surface area contributed by atoms with Gasteiger partial charge >= 0.3 is 0 Å². The minimum Gasteiger partial charge on any atom is -0.114 e. The van der Waals surface area contributed by atoms with E-state index in [9.17, 15) is 0 Å². The summed E-state index contributed by atoms with van der Waals surface area (Å²) in [6.45, 7) is 13.2. The zero-order valence-corrected chi connectivity index (χ0v) is 22.8. The number of hydrogen-bond acceptors (Lipinski definition) is 0. The molecule has 144 valence electrons. The Morgan fingerprint density at radius 1 is 0.643 bits per heavy atom. The number of hydrogen-bond donors (Lipinski definition) is 0. The van der Waals surface area contributed by atoms with Crippen LogP contribution in [0.5, 0.6) is 0 Å². The van der Waals surface area contributed by atoms with Crippen molar-refractivity contribution in [1.29, 1.82) is 0 Å². The van der Waals surface area contributed by atoms with E-state index in [-0.39, 0.29) is 26.2 Å². The van der Waals surface area contributed by atoms with Gasteiger partial charge in [-0.3, -0.25) is 0 Å². The molecule has 0 bridgehead atoms. The number of alkyl halides is 2. The quantitative estimate of drug-likeness (QED) is 0.321. The van der Waals surface area contributed by atoms with Crippen LogP contribution in [0, 0.1) is 13.8 Å². The monoisotopic (exact) mass is 502 g/mol. The van der Waals surface area contributed by atoms with Crippen LogP contribution in [-0.4, -0.2) is 9.52 Å². The number of aryl methyl sites for hydroxylation is 2. The van der Waals surface area contributed by atoms with Crippen molar-refractivity contribution in [3.63, 3.8) is 0 Å². The maximum Gasteiger partial charge on any atom is 0.0923 e. The van der Waals surface area contributed by atoms with Crippen LogP contribution >= 0.6 is 23.2 Å². The molecule has 28 heavy (non-hydrogen) atoms. The van der Waals surface area contributed by atoms with E-state index in [4.69, 9.17) is 23.2 Å². The Balaban J connectivity index is 0.00000225. The van der Waals surface area contributed by atoms with Crippen molar-refractivity contribution < 1.29 is 26.2 Å². The van der Waals surface area contributed by atoms with Gasteiger partial charge in [0, 0.05) is 26.2 Å². The minimum absolute atomic E-state index is 0. The second-order valence-corrected chi connectivity index (χ2v) is 12.9. The molecule has 0 saturated heterocycles. The molecule has 0 radical (unpaired) electrons. The standard InChI is InChI=1S/C24H26Cl2Si.Zr/c1-13-9-7-11-19-21(13)15(3)17(5)23(19,25)27-24(26)18(6)16(4)22-14(2)10-8-12-20(22)24;/h7-12H,27H2,1-6H3;. The molecular weight excluding hydrogens is 478 g/mol. The van der Waals surface area contributed by atoms with Crippen LogP contribution in [0.2, 0.25) is 0 Å². The number of fused-ring (bicyclic) bond motifs is 2. The maximum atomic E-state index is 7.50. The van der Waals surface area contributed by atoms with Crippen LogP contribution in [0.25, 0.3) is 11.1 Å². The van der Waals surface area contributed by atoms with Gasteiger partial charge < -0.3 is 0 Å². The molecule has 2 atom stereocenters. The number of allylic oxidation sites excluding steroid dienone is 4. The maximum absolute atomic E-state index is 7.50. The predicted molar refractivity (Wildman–Crippen MR) is 123 cm³/mol. The van der Waals surface area contributed by atoms with Crippen molar-refractivity contribution in [2.75, 3.05) is 0 Å². The van der Waals surface area contributed by atoms with Crippen LogP contribution < -0.4 is 0 Å². The first-order valence-corrected chi connectivity index (χ1v) is 11.7. The first-order chi connectivity index (χ1) is 12.6. The largest absolute Gasteiger partial charge is 0.114 e. The van der Waals surface area contributed by atoms with Crippen LogP contribution in [0.4, 0.5) is 0 Å². The van der Waals surface area contributed by atoms with Crippen LogP contribution in [0.15, 0.2) is 47.5 Å². The average molecular weight is 505 g/mol. The fourth-order valence-electron chi connectivity index (χ4n) is 5.16. The molecule has 0 aromatic heterocycles. The zero-order chi connectivity index (χ0) is 19.7. The van der Waals surface area contributed by atoms with Gasteiger partial charge in [-0.05, 0) is 97.2 Å². The van der Waals surface area contributed by atoms with Crippen molar-refractivity contribution >= 4 is 43.9 Å². The van der Waals surface area contributed by atoms with Gasteiger partial charge in [0.05, 0.1) is 18.5 Å². The summed E-state index contributed by atoms with van der Waals surface area (Å²) in [5, 5.41) is 0. The SMILES string of the molecule is CC1=C(C)C(Cl)([SiH2]C2(Cl)C(C)=C(C)c3c(C)cccc32)c2cccc(C)c21.[Zr]. The van der Waals surface area contributed by atoms with Crippen LogP contribution in [-0.2, 0) is 35.2 Å². The first-order valence-electron chi connectivity index (χ1n) is 9.57. The molecule has 0 aliphatic heterocycles. The summed E-state index contributed by atoms with van der Waals surface area (Å²) < 4.78 is -0.889.